The topological polar surface area (TPSA) is 121 Å². The molecular formula is C27H37N7O4. The minimum atomic E-state index is -0.708. The molecule has 1 saturated heterocycles. The van der Waals surface area contributed by atoms with Crippen molar-refractivity contribution in [2.45, 2.75) is 44.8 Å². The van der Waals surface area contributed by atoms with Crippen LogP contribution in [-0.2, 0) is 21.6 Å². The highest BCUT2D eigenvalue weighted by molar-refractivity contribution is 6.01. The van der Waals surface area contributed by atoms with Crippen LogP contribution < -0.4 is 16.1 Å². The highest BCUT2D eigenvalue weighted by Gasteiger charge is 2.45. The predicted molar refractivity (Wildman–Crippen MR) is 144 cm³/mol. The maximum atomic E-state index is 13.6. The molecule has 2 aromatic rings. The van der Waals surface area contributed by atoms with Gasteiger partial charge in [-0.25, -0.2) is 10.2 Å². The third kappa shape index (κ3) is 5.89. The summed E-state index contributed by atoms with van der Waals surface area (Å²) in [5, 5.41) is 10.3. The fourth-order valence-corrected chi connectivity index (χ4v) is 5.18. The number of nitrogens with one attached hydrogen (secondary N) is 3. The highest BCUT2D eigenvalue weighted by atomic mass is 16.5. The van der Waals surface area contributed by atoms with Crippen molar-refractivity contribution < 1.29 is 19.1 Å². The summed E-state index contributed by atoms with van der Waals surface area (Å²) in [6, 6.07) is 6.38. The Hall–Kier alpha value is -3.70. The summed E-state index contributed by atoms with van der Waals surface area (Å²) >= 11 is 0. The van der Waals surface area contributed by atoms with Gasteiger partial charge in [0.2, 0.25) is 5.91 Å². The quantitative estimate of drug-likeness (QED) is 0.458. The smallest absolute Gasteiger partial charge is 0.318 e. The number of rotatable bonds is 8. The van der Waals surface area contributed by atoms with E-state index in [0.717, 1.165) is 30.6 Å². The van der Waals surface area contributed by atoms with E-state index in [-0.39, 0.29) is 23.9 Å². The number of amides is 4. The van der Waals surface area contributed by atoms with Crippen LogP contribution in [-0.4, -0.2) is 77.4 Å². The molecule has 0 aliphatic carbocycles. The molecule has 11 nitrogen and oxygen atoms in total. The summed E-state index contributed by atoms with van der Waals surface area (Å²) in [6.45, 7) is 9.90. The van der Waals surface area contributed by atoms with Crippen molar-refractivity contribution in [3.63, 3.8) is 0 Å². The third-order valence-electron chi connectivity index (χ3n) is 7.19. The monoisotopic (exact) mass is 523 g/mol. The maximum Gasteiger partial charge on any atom is 0.318 e. The van der Waals surface area contributed by atoms with Crippen LogP contribution in [0.25, 0.3) is 0 Å². The molecule has 1 aromatic heterocycles. The van der Waals surface area contributed by atoms with E-state index in [9.17, 15) is 14.4 Å². The van der Waals surface area contributed by atoms with Gasteiger partial charge in [-0.3, -0.25) is 9.59 Å². The van der Waals surface area contributed by atoms with Crippen molar-refractivity contribution in [3.8, 4) is 0 Å². The largest absolute Gasteiger partial charge is 0.381 e. The second-order valence-electron chi connectivity index (χ2n) is 10.6. The van der Waals surface area contributed by atoms with Gasteiger partial charge < -0.3 is 25.2 Å². The van der Waals surface area contributed by atoms with E-state index in [0.29, 0.717) is 36.9 Å². The number of anilines is 1. The number of fused-ring (bicyclic) bond motifs is 1. The van der Waals surface area contributed by atoms with Crippen LogP contribution in [0.15, 0.2) is 43.1 Å². The predicted octanol–water partition coefficient (Wildman–Crippen LogP) is 2.51. The Kier molecular flexibility index (Phi) is 8.17. The van der Waals surface area contributed by atoms with Gasteiger partial charge in [-0.05, 0) is 77.0 Å². The van der Waals surface area contributed by atoms with Crippen LogP contribution in [0.2, 0.25) is 0 Å². The molecule has 3 heterocycles. The van der Waals surface area contributed by atoms with Crippen LogP contribution in [0.5, 0.6) is 0 Å². The van der Waals surface area contributed by atoms with E-state index in [4.69, 9.17) is 4.74 Å². The lowest BCUT2D eigenvalue weighted by Crippen LogP contribution is -2.54. The molecule has 3 N–H and O–H groups in total. The van der Waals surface area contributed by atoms with Crippen molar-refractivity contribution in [1.29, 1.82) is 0 Å². The van der Waals surface area contributed by atoms with E-state index in [1.807, 2.05) is 27.9 Å². The summed E-state index contributed by atoms with van der Waals surface area (Å²) in [7, 11) is 4.02. The maximum absolute atomic E-state index is 13.6. The number of hydrogen-bond acceptors (Lipinski definition) is 6. The number of carbonyl (C=O) groups excluding carboxylic acids is 3. The normalized spacial score (nSPS) is 17.6. The summed E-state index contributed by atoms with van der Waals surface area (Å²) in [5.41, 5.74) is 4.71. The average molecular weight is 524 g/mol. The minimum Gasteiger partial charge on any atom is -0.381 e. The van der Waals surface area contributed by atoms with Crippen molar-refractivity contribution in [1.82, 2.24) is 25.0 Å². The number of likely N-dealkylation sites (N-methyl/N-ethyl adjacent to an activating group) is 1. The number of nitrogens with zero attached hydrogens (tertiary/aromatic N) is 4. The molecule has 2 aliphatic rings. The summed E-state index contributed by atoms with van der Waals surface area (Å²) in [5.74, 6) is -0.331. The molecule has 38 heavy (non-hydrogen) atoms. The fourth-order valence-electron chi connectivity index (χ4n) is 5.18. The number of urea groups is 1. The number of hydrogen-bond donors (Lipinski definition) is 3. The number of benzene rings is 1. The number of aromatic nitrogens is 2. The fraction of sp³-hybridized carbons (Fsp3) is 0.481. The van der Waals surface area contributed by atoms with Gasteiger partial charge in [0.05, 0.1) is 24.0 Å². The lowest BCUT2D eigenvalue weighted by molar-refractivity contribution is -0.111. The molecule has 1 unspecified atom stereocenters. The zero-order valence-electron chi connectivity index (χ0n) is 22.5. The highest BCUT2D eigenvalue weighted by Crippen LogP contribution is 2.38. The van der Waals surface area contributed by atoms with Gasteiger partial charge in [-0.15, -0.1) is 0 Å². The number of ether oxygens (including phenoxy) is 1. The Morgan fingerprint density at radius 2 is 1.89 bits per heavy atom. The van der Waals surface area contributed by atoms with Crippen LogP contribution in [0.4, 0.5) is 10.5 Å². The molecule has 4 amide bonds. The second kappa shape index (κ2) is 11.4. The van der Waals surface area contributed by atoms with E-state index in [1.54, 1.807) is 35.4 Å². The molecule has 0 saturated carbocycles. The standard InChI is InChI=1S/C27H37N7O4/c1-6-23(35)29-21-9-7-19(8-10-21)25(36)31-34-24-20(15-28-34)16-33(27(24,2)3)26(37)30-22(17-32(4)5)18-11-13-38-14-12-18/h6-10,15,18,22H,1,11-14,16-17H2,2-5H3,(H,29,35)(H,30,37)(H,31,36). The Balaban J connectivity index is 1.46. The van der Waals surface area contributed by atoms with Gasteiger partial charge >= 0.3 is 6.03 Å². The van der Waals surface area contributed by atoms with Gasteiger partial charge in [0.1, 0.15) is 0 Å². The van der Waals surface area contributed by atoms with Gasteiger partial charge in [-0.1, -0.05) is 6.58 Å². The Bertz CT molecular complexity index is 1180. The van der Waals surface area contributed by atoms with Gasteiger partial charge in [0, 0.05) is 42.6 Å². The molecule has 0 radical (unpaired) electrons. The molecular weight excluding hydrogens is 486 g/mol. The molecule has 1 atom stereocenters. The summed E-state index contributed by atoms with van der Waals surface area (Å²) in [4.78, 5) is 43.3. The van der Waals surface area contributed by atoms with E-state index in [2.05, 4.69) is 32.6 Å². The first-order valence-electron chi connectivity index (χ1n) is 12.8. The first kappa shape index (κ1) is 27.3. The van der Waals surface area contributed by atoms with E-state index < -0.39 is 5.54 Å². The molecule has 0 bridgehead atoms. The summed E-state index contributed by atoms with van der Waals surface area (Å²) in [6.07, 6.45) is 4.71. The second-order valence-corrected chi connectivity index (χ2v) is 10.6. The first-order valence-corrected chi connectivity index (χ1v) is 12.8. The van der Waals surface area contributed by atoms with Crippen molar-refractivity contribution >= 4 is 23.5 Å². The zero-order valence-corrected chi connectivity index (χ0v) is 22.5. The molecule has 1 fully saturated rings. The first-order chi connectivity index (χ1) is 18.1. The van der Waals surface area contributed by atoms with Crippen LogP contribution in [0.1, 0.15) is 48.3 Å². The third-order valence-corrected chi connectivity index (χ3v) is 7.19. The van der Waals surface area contributed by atoms with Crippen LogP contribution in [0, 0.1) is 5.92 Å². The van der Waals surface area contributed by atoms with Gasteiger partial charge in [-0.2, -0.15) is 9.89 Å². The number of carbonyl (C=O) groups is 3. The van der Waals surface area contributed by atoms with Gasteiger partial charge in [0.15, 0.2) is 0 Å². The average Bonchev–Trinajstić information content (AvgIpc) is 3.41. The molecule has 4 rings (SSSR count). The van der Waals surface area contributed by atoms with Crippen molar-refractivity contribution in [2.24, 2.45) is 5.92 Å². The molecule has 0 spiro atoms. The Morgan fingerprint density at radius 1 is 1.21 bits per heavy atom. The van der Waals surface area contributed by atoms with Crippen LogP contribution >= 0.6 is 0 Å². The zero-order chi connectivity index (χ0) is 27.4. The van der Waals surface area contributed by atoms with Crippen molar-refractivity contribution in [2.75, 3.05) is 44.6 Å². The summed E-state index contributed by atoms with van der Waals surface area (Å²) < 4.78 is 5.53. The van der Waals surface area contributed by atoms with E-state index >= 15 is 0 Å². The lowest BCUT2D eigenvalue weighted by Gasteiger charge is -2.37. The SMILES string of the molecule is C=CC(=O)Nc1ccc(C(=O)Nn2ncc3c2C(C)(C)N(C(=O)NC(CN(C)C)C2CCOCC2)C3)cc1. The Morgan fingerprint density at radius 3 is 2.53 bits per heavy atom. The molecule has 1 aromatic carbocycles. The van der Waals surface area contributed by atoms with Gasteiger partial charge in [0.25, 0.3) is 5.91 Å². The van der Waals surface area contributed by atoms with E-state index in [1.165, 1.54) is 10.9 Å². The molecule has 204 valence electrons. The van der Waals surface area contributed by atoms with Crippen LogP contribution in [0.3, 0.4) is 0 Å². The minimum absolute atomic E-state index is 0.0105. The molecule has 2 aliphatic heterocycles. The lowest BCUT2D eigenvalue weighted by atomic mass is 9.91. The Labute approximate surface area is 223 Å². The van der Waals surface area contributed by atoms with Crippen molar-refractivity contribution in [3.05, 3.63) is 59.9 Å². The molecule has 11 heteroatoms.